The minimum Gasteiger partial charge on any atom is -0.311 e. The second-order valence-corrected chi connectivity index (χ2v) is 6.66. The summed E-state index contributed by atoms with van der Waals surface area (Å²) in [4.78, 5) is 0. The van der Waals surface area contributed by atoms with Gasteiger partial charge in [-0.05, 0) is 47.7 Å². The van der Waals surface area contributed by atoms with Gasteiger partial charge in [0.25, 0.3) is 0 Å². The summed E-state index contributed by atoms with van der Waals surface area (Å²) in [6.45, 7) is 14.0. The summed E-state index contributed by atoms with van der Waals surface area (Å²) in [6, 6.07) is 0. The van der Waals surface area contributed by atoms with Gasteiger partial charge in [0.05, 0.1) is 15.9 Å². The predicted octanol–water partition coefficient (Wildman–Crippen LogP) is 3.75. The molecule has 0 spiro atoms. The van der Waals surface area contributed by atoms with Crippen molar-refractivity contribution in [3.05, 3.63) is 15.9 Å². The van der Waals surface area contributed by atoms with Gasteiger partial charge in [-0.3, -0.25) is 4.68 Å². The molecule has 0 saturated heterocycles. The average molecular weight is 316 g/mol. The molecular formula is C14H26BrN3. The Kier molecular flexibility index (Phi) is 5.86. The third-order valence-electron chi connectivity index (χ3n) is 3.04. The Bertz CT molecular complexity index is 377. The topological polar surface area (TPSA) is 29.9 Å². The van der Waals surface area contributed by atoms with E-state index in [4.69, 9.17) is 0 Å². The summed E-state index contributed by atoms with van der Waals surface area (Å²) in [5, 5.41) is 8.12. The SMILES string of the molecule is CCc1nn(CC)c(CNCCC(C)(C)C)c1Br. The Balaban J connectivity index is 2.58. The van der Waals surface area contributed by atoms with Crippen molar-refractivity contribution >= 4 is 15.9 Å². The summed E-state index contributed by atoms with van der Waals surface area (Å²) in [6.07, 6.45) is 2.16. The normalized spacial score (nSPS) is 12.1. The standard InChI is InChI=1S/C14H26BrN3/c1-6-11-13(15)12(18(7-2)17-11)10-16-9-8-14(3,4)5/h16H,6-10H2,1-5H3. The number of hydrogen-bond acceptors (Lipinski definition) is 2. The van der Waals surface area contributed by atoms with E-state index in [1.54, 1.807) is 0 Å². The zero-order chi connectivity index (χ0) is 13.8. The van der Waals surface area contributed by atoms with Crippen LogP contribution in [0.5, 0.6) is 0 Å². The van der Waals surface area contributed by atoms with Crippen LogP contribution in [0.15, 0.2) is 4.47 Å². The smallest absolute Gasteiger partial charge is 0.0767 e. The van der Waals surface area contributed by atoms with Gasteiger partial charge >= 0.3 is 0 Å². The zero-order valence-corrected chi connectivity index (χ0v) is 13.9. The van der Waals surface area contributed by atoms with Gasteiger partial charge in [-0.25, -0.2) is 0 Å². The van der Waals surface area contributed by atoms with Gasteiger partial charge in [0.2, 0.25) is 0 Å². The fourth-order valence-corrected chi connectivity index (χ4v) is 2.56. The molecule has 1 heterocycles. The van der Waals surface area contributed by atoms with Crippen molar-refractivity contribution in [3.63, 3.8) is 0 Å². The fraction of sp³-hybridized carbons (Fsp3) is 0.786. The molecule has 0 aliphatic heterocycles. The van der Waals surface area contributed by atoms with Crippen LogP contribution in [0.25, 0.3) is 0 Å². The van der Waals surface area contributed by atoms with Gasteiger partial charge in [0.1, 0.15) is 0 Å². The highest BCUT2D eigenvalue weighted by atomic mass is 79.9. The lowest BCUT2D eigenvalue weighted by Crippen LogP contribution is -2.22. The molecule has 18 heavy (non-hydrogen) atoms. The molecular weight excluding hydrogens is 290 g/mol. The maximum absolute atomic E-state index is 4.60. The van der Waals surface area contributed by atoms with E-state index in [-0.39, 0.29) is 0 Å². The molecule has 104 valence electrons. The molecule has 0 fully saturated rings. The van der Waals surface area contributed by atoms with E-state index in [1.807, 2.05) is 0 Å². The van der Waals surface area contributed by atoms with E-state index in [0.29, 0.717) is 5.41 Å². The summed E-state index contributed by atoms with van der Waals surface area (Å²) in [5.74, 6) is 0. The van der Waals surface area contributed by atoms with Crippen molar-refractivity contribution < 1.29 is 0 Å². The average Bonchev–Trinajstić information content (AvgIpc) is 2.60. The lowest BCUT2D eigenvalue weighted by molar-refractivity contribution is 0.365. The van der Waals surface area contributed by atoms with Crippen molar-refractivity contribution in [1.29, 1.82) is 0 Å². The molecule has 1 aromatic heterocycles. The molecule has 0 radical (unpaired) electrons. The molecule has 1 aromatic rings. The van der Waals surface area contributed by atoms with E-state index in [2.05, 4.69) is 65.6 Å². The van der Waals surface area contributed by atoms with E-state index in [0.717, 1.165) is 31.7 Å². The summed E-state index contributed by atoms with van der Waals surface area (Å²) < 4.78 is 3.27. The minimum atomic E-state index is 0.393. The van der Waals surface area contributed by atoms with E-state index in [1.165, 1.54) is 16.6 Å². The van der Waals surface area contributed by atoms with Gasteiger partial charge in [-0.1, -0.05) is 27.7 Å². The number of rotatable bonds is 6. The van der Waals surface area contributed by atoms with Crippen LogP contribution in [-0.2, 0) is 19.5 Å². The van der Waals surface area contributed by atoms with Crippen molar-refractivity contribution in [3.8, 4) is 0 Å². The van der Waals surface area contributed by atoms with E-state index < -0.39 is 0 Å². The first kappa shape index (κ1) is 15.7. The van der Waals surface area contributed by atoms with Crippen LogP contribution in [-0.4, -0.2) is 16.3 Å². The second kappa shape index (κ2) is 6.71. The lowest BCUT2D eigenvalue weighted by atomic mass is 9.92. The minimum absolute atomic E-state index is 0.393. The van der Waals surface area contributed by atoms with Crippen LogP contribution in [0.1, 0.15) is 52.4 Å². The molecule has 0 saturated carbocycles. The van der Waals surface area contributed by atoms with E-state index >= 15 is 0 Å². The number of hydrogen-bond donors (Lipinski definition) is 1. The Morgan fingerprint density at radius 3 is 2.44 bits per heavy atom. The maximum atomic E-state index is 4.60. The highest BCUT2D eigenvalue weighted by Gasteiger charge is 2.14. The Morgan fingerprint density at radius 1 is 1.28 bits per heavy atom. The highest BCUT2D eigenvalue weighted by Crippen LogP contribution is 2.22. The first-order valence-electron chi connectivity index (χ1n) is 6.83. The van der Waals surface area contributed by atoms with Gasteiger partial charge < -0.3 is 5.32 Å². The van der Waals surface area contributed by atoms with Gasteiger partial charge in [0, 0.05) is 13.1 Å². The van der Waals surface area contributed by atoms with E-state index in [9.17, 15) is 0 Å². The summed E-state index contributed by atoms with van der Waals surface area (Å²) in [5.41, 5.74) is 2.82. The second-order valence-electron chi connectivity index (χ2n) is 5.86. The van der Waals surface area contributed by atoms with Crippen LogP contribution in [0.2, 0.25) is 0 Å². The molecule has 1 rings (SSSR count). The molecule has 0 aromatic carbocycles. The first-order chi connectivity index (χ1) is 8.39. The zero-order valence-electron chi connectivity index (χ0n) is 12.3. The van der Waals surface area contributed by atoms with Crippen LogP contribution in [0, 0.1) is 5.41 Å². The Morgan fingerprint density at radius 2 is 1.94 bits per heavy atom. The Labute approximate surface area is 119 Å². The molecule has 0 bridgehead atoms. The van der Waals surface area contributed by atoms with Crippen LogP contribution >= 0.6 is 15.9 Å². The number of halogens is 1. The molecule has 4 heteroatoms. The molecule has 0 amide bonds. The van der Waals surface area contributed by atoms with Crippen LogP contribution in [0.4, 0.5) is 0 Å². The summed E-state index contributed by atoms with van der Waals surface area (Å²) in [7, 11) is 0. The molecule has 0 atom stereocenters. The quantitative estimate of drug-likeness (QED) is 0.810. The first-order valence-corrected chi connectivity index (χ1v) is 7.63. The number of nitrogens with zero attached hydrogens (tertiary/aromatic N) is 2. The largest absolute Gasteiger partial charge is 0.311 e. The van der Waals surface area contributed by atoms with Gasteiger partial charge in [0.15, 0.2) is 0 Å². The highest BCUT2D eigenvalue weighted by molar-refractivity contribution is 9.10. The summed E-state index contributed by atoms with van der Waals surface area (Å²) >= 11 is 3.67. The van der Waals surface area contributed by atoms with Gasteiger partial charge in [-0.2, -0.15) is 5.10 Å². The van der Waals surface area contributed by atoms with Crippen molar-refractivity contribution in [2.24, 2.45) is 5.41 Å². The maximum Gasteiger partial charge on any atom is 0.0767 e. The van der Waals surface area contributed by atoms with Crippen molar-refractivity contribution in [2.45, 2.75) is 60.5 Å². The number of aromatic nitrogens is 2. The molecule has 0 aliphatic carbocycles. The molecule has 1 N–H and O–H groups in total. The van der Waals surface area contributed by atoms with Crippen molar-refractivity contribution in [2.75, 3.05) is 6.54 Å². The number of nitrogens with one attached hydrogen (secondary N) is 1. The number of aryl methyl sites for hydroxylation is 2. The third-order valence-corrected chi connectivity index (χ3v) is 3.95. The third kappa shape index (κ3) is 4.39. The predicted molar refractivity (Wildman–Crippen MR) is 80.8 cm³/mol. The molecule has 0 aliphatic rings. The van der Waals surface area contributed by atoms with Gasteiger partial charge in [-0.15, -0.1) is 0 Å². The molecule has 3 nitrogen and oxygen atoms in total. The Hall–Kier alpha value is -0.350. The lowest BCUT2D eigenvalue weighted by Gasteiger charge is -2.18. The fourth-order valence-electron chi connectivity index (χ4n) is 1.86. The van der Waals surface area contributed by atoms with Crippen molar-refractivity contribution in [1.82, 2.24) is 15.1 Å². The van der Waals surface area contributed by atoms with Crippen LogP contribution in [0.3, 0.4) is 0 Å². The molecule has 0 unspecified atom stereocenters. The monoisotopic (exact) mass is 315 g/mol. The van der Waals surface area contributed by atoms with Crippen LogP contribution < -0.4 is 5.32 Å².